The Bertz CT molecular complexity index is 808. The Morgan fingerprint density at radius 3 is 2.67 bits per heavy atom. The van der Waals surface area contributed by atoms with E-state index in [9.17, 15) is 13.2 Å². The van der Waals surface area contributed by atoms with Crippen molar-refractivity contribution in [1.82, 2.24) is 9.21 Å². The molecule has 148 valence electrons. The molecular formula is C19H26N2O5S. The normalized spacial score (nSPS) is 27.7. The number of benzene rings is 1. The van der Waals surface area contributed by atoms with Gasteiger partial charge >= 0.3 is 0 Å². The maximum Gasteiger partial charge on any atom is 0.247 e. The van der Waals surface area contributed by atoms with Gasteiger partial charge in [-0.15, -0.1) is 0 Å². The second-order valence-corrected chi connectivity index (χ2v) is 9.31. The summed E-state index contributed by atoms with van der Waals surface area (Å²) in [5.74, 6) is 0.774. The van der Waals surface area contributed by atoms with Gasteiger partial charge in [-0.2, -0.15) is 4.31 Å². The Balaban J connectivity index is 1.66. The molecular weight excluding hydrogens is 368 g/mol. The number of hydrogen-bond donors (Lipinski definition) is 0. The molecule has 2 atom stereocenters. The lowest BCUT2D eigenvalue weighted by atomic mass is 10.1. The maximum absolute atomic E-state index is 13.3. The van der Waals surface area contributed by atoms with Crippen LogP contribution in [0.4, 0.5) is 0 Å². The zero-order valence-electron chi connectivity index (χ0n) is 15.5. The molecule has 8 heteroatoms. The lowest BCUT2D eigenvalue weighted by Crippen LogP contribution is -2.48. The van der Waals surface area contributed by atoms with E-state index in [0.29, 0.717) is 38.3 Å². The highest BCUT2D eigenvalue weighted by Crippen LogP contribution is 2.37. The summed E-state index contributed by atoms with van der Waals surface area (Å²) < 4.78 is 39.6. The van der Waals surface area contributed by atoms with Gasteiger partial charge in [0.15, 0.2) is 0 Å². The minimum Gasteiger partial charge on any atom is -0.487 e. The molecule has 1 aromatic carbocycles. The van der Waals surface area contributed by atoms with Crippen LogP contribution in [-0.2, 0) is 19.6 Å². The van der Waals surface area contributed by atoms with Crippen LogP contribution in [0.2, 0.25) is 0 Å². The Labute approximate surface area is 160 Å². The summed E-state index contributed by atoms with van der Waals surface area (Å²) in [6, 6.07) is 6.49. The van der Waals surface area contributed by atoms with Gasteiger partial charge in [0.1, 0.15) is 16.7 Å². The van der Waals surface area contributed by atoms with Crippen molar-refractivity contribution in [2.75, 3.05) is 33.4 Å². The van der Waals surface area contributed by atoms with E-state index in [1.165, 1.54) is 4.31 Å². The molecule has 0 unspecified atom stereocenters. The Morgan fingerprint density at radius 1 is 1.19 bits per heavy atom. The van der Waals surface area contributed by atoms with E-state index in [1.54, 1.807) is 31.4 Å². The minimum atomic E-state index is -3.69. The number of ether oxygens (including phenoxy) is 2. The number of hydrogen-bond acceptors (Lipinski definition) is 5. The number of amides is 1. The number of rotatable bonds is 4. The SMILES string of the molecule is COCCN1[C@@H]2CCN(C(=O)C3CC3)CC[C@H]2Oc2ccccc2S1(=O)=O. The molecule has 0 N–H and O–H groups in total. The summed E-state index contributed by atoms with van der Waals surface area (Å²) in [6.45, 7) is 1.76. The molecule has 2 fully saturated rings. The van der Waals surface area contributed by atoms with Crippen LogP contribution in [0.15, 0.2) is 29.2 Å². The zero-order valence-corrected chi connectivity index (χ0v) is 16.4. The number of fused-ring (bicyclic) bond motifs is 2. The highest BCUT2D eigenvalue weighted by molar-refractivity contribution is 7.89. The highest BCUT2D eigenvalue weighted by Gasteiger charge is 2.44. The van der Waals surface area contributed by atoms with Gasteiger partial charge in [0, 0.05) is 39.1 Å². The molecule has 27 heavy (non-hydrogen) atoms. The second kappa shape index (κ2) is 7.41. The van der Waals surface area contributed by atoms with Crippen LogP contribution < -0.4 is 4.74 Å². The van der Waals surface area contributed by atoms with Crippen LogP contribution in [0.3, 0.4) is 0 Å². The molecule has 1 aromatic rings. The molecule has 1 saturated carbocycles. The molecule has 0 radical (unpaired) electrons. The predicted octanol–water partition coefficient (Wildman–Crippen LogP) is 1.49. The second-order valence-electron chi connectivity index (χ2n) is 7.46. The van der Waals surface area contributed by atoms with Gasteiger partial charge in [0.2, 0.25) is 15.9 Å². The van der Waals surface area contributed by atoms with E-state index < -0.39 is 10.0 Å². The number of carbonyl (C=O) groups excluding carboxylic acids is 1. The van der Waals surface area contributed by atoms with Crippen molar-refractivity contribution in [2.24, 2.45) is 5.92 Å². The van der Waals surface area contributed by atoms with Crippen molar-refractivity contribution < 1.29 is 22.7 Å². The third-order valence-electron chi connectivity index (χ3n) is 5.65. The van der Waals surface area contributed by atoms with Crippen molar-refractivity contribution in [3.05, 3.63) is 24.3 Å². The van der Waals surface area contributed by atoms with Gasteiger partial charge < -0.3 is 14.4 Å². The average molecular weight is 394 g/mol. The first-order valence-electron chi connectivity index (χ1n) is 9.57. The first kappa shape index (κ1) is 18.7. The van der Waals surface area contributed by atoms with Gasteiger partial charge in [-0.05, 0) is 31.4 Å². The molecule has 0 bridgehead atoms. The quantitative estimate of drug-likeness (QED) is 0.773. The number of likely N-dealkylation sites (tertiary alicyclic amines) is 1. The molecule has 1 amide bonds. The Hall–Kier alpha value is -1.64. The van der Waals surface area contributed by atoms with Crippen LogP contribution in [0, 0.1) is 5.92 Å². The third-order valence-corrected chi connectivity index (χ3v) is 7.61. The summed E-state index contributed by atoms with van der Waals surface area (Å²) >= 11 is 0. The van der Waals surface area contributed by atoms with E-state index in [2.05, 4.69) is 0 Å². The molecule has 4 rings (SSSR count). The molecule has 2 heterocycles. The van der Waals surface area contributed by atoms with Crippen LogP contribution in [0.5, 0.6) is 5.75 Å². The van der Waals surface area contributed by atoms with Crippen molar-refractivity contribution in [1.29, 1.82) is 0 Å². The monoisotopic (exact) mass is 394 g/mol. The number of carbonyl (C=O) groups is 1. The van der Waals surface area contributed by atoms with Crippen LogP contribution in [0.1, 0.15) is 25.7 Å². The van der Waals surface area contributed by atoms with Crippen LogP contribution >= 0.6 is 0 Å². The standard InChI is InChI=1S/C19H26N2O5S/c1-25-13-12-21-15-8-10-20(19(22)14-6-7-14)11-9-16(15)26-17-4-2-3-5-18(17)27(21,23)24/h2-5,14-16H,6-13H2,1H3/t15-,16-/m1/s1. The Morgan fingerprint density at radius 2 is 1.93 bits per heavy atom. The van der Waals surface area contributed by atoms with Crippen LogP contribution in [0.25, 0.3) is 0 Å². The first-order valence-corrected chi connectivity index (χ1v) is 11.0. The minimum absolute atomic E-state index is 0.169. The van der Waals surface area contributed by atoms with Crippen molar-refractivity contribution >= 4 is 15.9 Å². The maximum atomic E-state index is 13.3. The van der Waals surface area contributed by atoms with Gasteiger partial charge in [-0.3, -0.25) is 4.79 Å². The summed E-state index contributed by atoms with van der Waals surface area (Å²) in [7, 11) is -2.13. The average Bonchev–Trinajstić information content (AvgIpc) is 3.50. The smallest absolute Gasteiger partial charge is 0.247 e. The van der Waals surface area contributed by atoms with E-state index in [4.69, 9.17) is 9.47 Å². The third kappa shape index (κ3) is 3.58. The number of para-hydroxylation sites is 1. The highest BCUT2D eigenvalue weighted by atomic mass is 32.2. The molecule has 0 spiro atoms. The molecule has 0 aromatic heterocycles. The lowest BCUT2D eigenvalue weighted by Gasteiger charge is -2.31. The van der Waals surface area contributed by atoms with Crippen molar-refractivity contribution in [3.8, 4) is 5.75 Å². The number of nitrogens with zero attached hydrogens (tertiary/aromatic N) is 2. The van der Waals surface area contributed by atoms with Gasteiger partial charge in [-0.1, -0.05) is 12.1 Å². The van der Waals surface area contributed by atoms with Gasteiger partial charge in [0.05, 0.1) is 12.6 Å². The number of sulfonamides is 1. The molecule has 1 aliphatic carbocycles. The van der Waals surface area contributed by atoms with Gasteiger partial charge in [0.25, 0.3) is 0 Å². The molecule has 3 aliphatic rings. The predicted molar refractivity (Wildman–Crippen MR) is 99.0 cm³/mol. The van der Waals surface area contributed by atoms with E-state index in [0.717, 1.165) is 12.8 Å². The van der Waals surface area contributed by atoms with E-state index in [-0.39, 0.29) is 35.4 Å². The fourth-order valence-corrected chi connectivity index (χ4v) is 5.82. The molecule has 1 saturated heterocycles. The van der Waals surface area contributed by atoms with E-state index in [1.807, 2.05) is 4.90 Å². The fraction of sp³-hybridized carbons (Fsp3) is 0.632. The first-order chi connectivity index (χ1) is 13.0. The summed E-state index contributed by atoms with van der Waals surface area (Å²) in [5, 5.41) is 0. The van der Waals surface area contributed by atoms with Crippen molar-refractivity contribution in [2.45, 2.75) is 42.7 Å². The summed E-state index contributed by atoms with van der Waals surface area (Å²) in [6.07, 6.45) is 2.86. The summed E-state index contributed by atoms with van der Waals surface area (Å²) in [5.41, 5.74) is 0. The molecule has 2 aliphatic heterocycles. The number of methoxy groups -OCH3 is 1. The molecule has 7 nitrogen and oxygen atoms in total. The topological polar surface area (TPSA) is 76.2 Å². The lowest BCUT2D eigenvalue weighted by molar-refractivity contribution is -0.132. The zero-order chi connectivity index (χ0) is 19.0. The van der Waals surface area contributed by atoms with Crippen LogP contribution in [-0.4, -0.2) is 69.0 Å². The summed E-state index contributed by atoms with van der Waals surface area (Å²) in [4.78, 5) is 14.6. The van der Waals surface area contributed by atoms with E-state index >= 15 is 0 Å². The van der Waals surface area contributed by atoms with Gasteiger partial charge in [-0.25, -0.2) is 8.42 Å². The Kier molecular flexibility index (Phi) is 5.13. The van der Waals surface area contributed by atoms with Crippen molar-refractivity contribution in [3.63, 3.8) is 0 Å². The largest absolute Gasteiger partial charge is 0.487 e. The fourth-order valence-electron chi connectivity index (χ4n) is 4.03.